The number of hydrogen-bond donors (Lipinski definition) is 1. The van der Waals surface area contributed by atoms with E-state index >= 15 is 0 Å². The van der Waals surface area contributed by atoms with Crippen LogP contribution in [0.1, 0.15) is 104 Å². The molecular weight excluding hydrogens is 415 g/mol. The third kappa shape index (κ3) is 20.4. The third-order valence-electron chi connectivity index (χ3n) is 4.32. The van der Waals surface area contributed by atoms with Crippen LogP contribution in [0, 0.1) is 0 Å². The zero-order valence-corrected chi connectivity index (χ0v) is 19.4. The number of unbranched alkanes of at least 4 members (excludes halogenated alkanes) is 11. The first kappa shape index (κ1) is 26.1. The Kier molecular flexibility index (Phi) is 18.6. The maximum absolute atomic E-state index is 10.8. The van der Waals surface area contributed by atoms with Gasteiger partial charge in [0.05, 0.1) is 0 Å². The van der Waals surface area contributed by atoms with Crippen LogP contribution in [0.25, 0.3) is 0 Å². The van der Waals surface area contributed by atoms with Gasteiger partial charge in [0.2, 0.25) is 0 Å². The monoisotopic (exact) mass is 456 g/mol. The van der Waals surface area contributed by atoms with Gasteiger partial charge in [0, 0.05) is 0 Å². The summed E-state index contributed by atoms with van der Waals surface area (Å²) in [6.45, 7) is 4.23. The van der Waals surface area contributed by atoms with Gasteiger partial charge in [0.15, 0.2) is 0 Å². The Balaban J connectivity index is 3.46. The van der Waals surface area contributed by atoms with Gasteiger partial charge in [-0.05, 0) is 0 Å². The fourth-order valence-electron chi connectivity index (χ4n) is 2.85. The van der Waals surface area contributed by atoms with E-state index in [-0.39, 0.29) is 0 Å². The summed E-state index contributed by atoms with van der Waals surface area (Å²) >= 11 is 0.382. The molecule has 156 valence electrons. The zero-order chi connectivity index (χ0) is 19.5. The topological polar surface area (TPSA) is 63.6 Å². The minimum absolute atomic E-state index is 0.382. The molecule has 1 N–H and O–H groups in total. The fraction of sp³-hybridized carbons (Fsp3) is 0.900. The second kappa shape index (κ2) is 18.5. The van der Waals surface area contributed by atoms with Crippen molar-refractivity contribution in [3.8, 4) is 0 Å². The van der Waals surface area contributed by atoms with Gasteiger partial charge in [-0.25, -0.2) is 0 Å². The first-order valence-corrected chi connectivity index (χ1v) is 14.0. The Morgan fingerprint density at radius 1 is 0.846 bits per heavy atom. The normalized spacial score (nSPS) is 13.5. The van der Waals surface area contributed by atoms with Crippen LogP contribution in [0.3, 0.4) is 0 Å². The Morgan fingerprint density at radius 2 is 1.35 bits per heavy atom. The number of hydrogen-bond acceptors (Lipinski definition) is 3. The summed E-state index contributed by atoms with van der Waals surface area (Å²) in [5.41, 5.74) is 0. The van der Waals surface area contributed by atoms with Crippen molar-refractivity contribution in [1.29, 1.82) is 0 Å². The van der Waals surface area contributed by atoms with Gasteiger partial charge in [0.25, 0.3) is 0 Å². The molecule has 0 aromatic carbocycles. The van der Waals surface area contributed by atoms with Crippen molar-refractivity contribution in [2.24, 2.45) is 0 Å². The predicted octanol–water partition coefficient (Wildman–Crippen LogP) is 6.31. The molecule has 0 radical (unpaired) electrons. The second-order valence-electron chi connectivity index (χ2n) is 6.94. The molecular formula is C20H40O4SSe. The van der Waals surface area contributed by atoms with E-state index in [1.807, 2.05) is 11.9 Å². The molecule has 1 unspecified atom stereocenters. The van der Waals surface area contributed by atoms with Gasteiger partial charge < -0.3 is 0 Å². The molecule has 4 nitrogen and oxygen atoms in total. The molecule has 0 aromatic heterocycles. The molecule has 1 atom stereocenters. The van der Waals surface area contributed by atoms with Crippen molar-refractivity contribution in [3.63, 3.8) is 0 Å². The Hall–Kier alpha value is 0.129. The van der Waals surface area contributed by atoms with E-state index in [4.69, 9.17) is 4.55 Å². The molecule has 0 spiro atoms. The van der Waals surface area contributed by atoms with Crippen LogP contribution in [0.2, 0.25) is 5.32 Å². The molecule has 0 saturated heterocycles. The van der Waals surface area contributed by atoms with E-state index in [0.717, 1.165) is 6.42 Å². The Bertz CT molecular complexity index is 424. The Morgan fingerprint density at radius 3 is 1.81 bits per heavy atom. The van der Waals surface area contributed by atoms with Gasteiger partial charge in [-0.15, -0.1) is 0 Å². The molecule has 0 heterocycles. The van der Waals surface area contributed by atoms with E-state index < -0.39 is 16.5 Å². The molecule has 0 fully saturated rings. The van der Waals surface area contributed by atoms with Crippen molar-refractivity contribution in [3.05, 3.63) is 11.1 Å². The molecule has 0 aromatic rings. The number of rotatable bonds is 19. The third-order valence-corrected chi connectivity index (χ3v) is 6.65. The Labute approximate surface area is 168 Å². The summed E-state index contributed by atoms with van der Waals surface area (Å²) in [7, 11) is -4.36. The van der Waals surface area contributed by atoms with Crippen molar-refractivity contribution in [2.45, 2.75) is 115 Å². The van der Waals surface area contributed by atoms with Gasteiger partial charge in [-0.3, -0.25) is 0 Å². The summed E-state index contributed by atoms with van der Waals surface area (Å²) < 4.78 is 35.0. The van der Waals surface area contributed by atoms with Crippen LogP contribution in [0.4, 0.5) is 0 Å². The molecule has 0 aliphatic carbocycles. The van der Waals surface area contributed by atoms with Gasteiger partial charge in [-0.1, -0.05) is 13.3 Å². The van der Waals surface area contributed by atoms with Crippen LogP contribution in [0.5, 0.6) is 0 Å². The van der Waals surface area contributed by atoms with Crippen molar-refractivity contribution in [2.75, 3.05) is 0 Å². The van der Waals surface area contributed by atoms with Crippen LogP contribution in [-0.2, 0) is 14.6 Å². The van der Waals surface area contributed by atoms with Crippen LogP contribution in [-0.4, -0.2) is 34.0 Å². The fourth-order valence-corrected chi connectivity index (χ4v) is 4.99. The molecule has 0 amide bonds. The predicted molar refractivity (Wildman–Crippen MR) is 112 cm³/mol. The maximum atomic E-state index is 10.8. The van der Waals surface area contributed by atoms with E-state index in [0.29, 0.717) is 21.4 Å². The van der Waals surface area contributed by atoms with Crippen molar-refractivity contribution < 1.29 is 17.2 Å². The quantitative estimate of drug-likeness (QED) is 0.141. The van der Waals surface area contributed by atoms with Gasteiger partial charge in [-0.2, -0.15) is 0 Å². The van der Waals surface area contributed by atoms with Gasteiger partial charge in [0.1, 0.15) is 0 Å². The van der Waals surface area contributed by atoms with E-state index in [1.54, 1.807) is 6.08 Å². The van der Waals surface area contributed by atoms with Crippen LogP contribution >= 0.6 is 0 Å². The van der Waals surface area contributed by atoms with Crippen LogP contribution < -0.4 is 0 Å². The molecule has 0 rings (SSSR count). The first-order chi connectivity index (χ1) is 12.5. The van der Waals surface area contributed by atoms with Crippen molar-refractivity contribution >= 4 is 25.4 Å². The summed E-state index contributed by atoms with van der Waals surface area (Å²) in [6, 6.07) is 0. The molecule has 0 aliphatic heterocycles. The molecule has 6 heteroatoms. The summed E-state index contributed by atoms with van der Waals surface area (Å²) in [6.07, 6.45) is 19.1. The molecule has 26 heavy (non-hydrogen) atoms. The molecule has 0 saturated carbocycles. The van der Waals surface area contributed by atoms with E-state index in [9.17, 15) is 8.42 Å². The first-order valence-electron chi connectivity index (χ1n) is 10.4. The van der Waals surface area contributed by atoms with E-state index in [1.165, 1.54) is 82.4 Å². The van der Waals surface area contributed by atoms with E-state index in [2.05, 4.69) is 11.1 Å². The second-order valence-corrected chi connectivity index (χ2v) is 10.1. The van der Waals surface area contributed by atoms with Gasteiger partial charge >= 0.3 is 155 Å². The average Bonchev–Trinajstić information content (AvgIpc) is 2.57. The zero-order valence-electron chi connectivity index (χ0n) is 16.8. The standard InChI is InChI=1S/C20H40O4SSe/c1-3-5-6-7-8-9-10-11-12-13-14-15-18-26-19-17-20(16-4-2)24-25(21,22)23/h17,19-20H,3-16,18H2,1-2H3,(H,21,22,23). The minimum atomic E-state index is -4.36. The van der Waals surface area contributed by atoms with Crippen LogP contribution in [0.15, 0.2) is 11.1 Å². The van der Waals surface area contributed by atoms with Crippen molar-refractivity contribution in [1.82, 2.24) is 0 Å². The summed E-state index contributed by atoms with van der Waals surface area (Å²) in [5.74, 6) is 0. The average molecular weight is 456 g/mol. The SMILES string of the molecule is CCCCCCCCCCCCCC[Se]C=CC(CCC)OS(=O)(=O)O. The summed E-state index contributed by atoms with van der Waals surface area (Å²) in [4.78, 5) is 2.04. The molecule has 0 aliphatic rings. The molecule has 0 bridgehead atoms. The summed E-state index contributed by atoms with van der Waals surface area (Å²) in [5, 5.41) is 1.19.